The van der Waals surface area contributed by atoms with Gasteiger partial charge in [0, 0.05) is 38.4 Å². The van der Waals surface area contributed by atoms with E-state index in [4.69, 9.17) is 4.74 Å². The molecule has 1 aromatic rings. The SMILES string of the molecule is CCCS(=O)(=O)Nc1ccc(C(=O)N2CCN(C(=O)OC(C)C)C[C@H]2C)cc1.[HH]. The monoisotopic (exact) mass is 413 g/mol. The Labute approximate surface area is 168 Å². The van der Waals surface area contributed by atoms with Gasteiger partial charge in [-0.05, 0) is 51.5 Å². The summed E-state index contributed by atoms with van der Waals surface area (Å²) in [7, 11) is -3.36. The van der Waals surface area contributed by atoms with E-state index in [1.165, 1.54) is 0 Å². The highest BCUT2D eigenvalue weighted by Crippen LogP contribution is 2.18. The molecule has 0 aromatic heterocycles. The van der Waals surface area contributed by atoms with Crippen molar-refractivity contribution in [2.75, 3.05) is 30.1 Å². The first-order chi connectivity index (χ1) is 13.1. The molecule has 158 valence electrons. The van der Waals surface area contributed by atoms with E-state index in [-0.39, 0.29) is 31.3 Å². The van der Waals surface area contributed by atoms with Crippen LogP contribution in [-0.4, -0.2) is 67.8 Å². The quantitative estimate of drug-likeness (QED) is 0.774. The Morgan fingerprint density at radius 1 is 1.25 bits per heavy atom. The first-order valence-corrected chi connectivity index (χ1v) is 11.1. The minimum absolute atomic E-state index is 0. The van der Waals surface area contributed by atoms with Crippen LogP contribution < -0.4 is 4.72 Å². The number of anilines is 1. The second-order valence-electron chi connectivity index (χ2n) is 7.22. The molecule has 0 bridgehead atoms. The summed E-state index contributed by atoms with van der Waals surface area (Å²) in [4.78, 5) is 28.2. The third kappa shape index (κ3) is 5.85. The highest BCUT2D eigenvalue weighted by molar-refractivity contribution is 7.92. The largest absolute Gasteiger partial charge is 0.447 e. The fourth-order valence-electron chi connectivity index (χ4n) is 3.05. The van der Waals surface area contributed by atoms with E-state index >= 15 is 0 Å². The zero-order valence-electron chi connectivity index (χ0n) is 16.8. The molecule has 2 amide bonds. The Morgan fingerprint density at radius 2 is 1.89 bits per heavy atom. The molecule has 1 aromatic carbocycles. The van der Waals surface area contributed by atoms with E-state index in [0.717, 1.165) is 0 Å². The molecule has 0 spiro atoms. The highest BCUT2D eigenvalue weighted by Gasteiger charge is 2.31. The molecule has 8 nitrogen and oxygen atoms in total. The van der Waals surface area contributed by atoms with Crippen molar-refractivity contribution in [3.8, 4) is 0 Å². The highest BCUT2D eigenvalue weighted by atomic mass is 32.2. The molecule has 1 heterocycles. The van der Waals surface area contributed by atoms with Crippen molar-refractivity contribution in [3.63, 3.8) is 0 Å². The summed E-state index contributed by atoms with van der Waals surface area (Å²) in [5.41, 5.74) is 0.905. The number of hydrogen-bond donors (Lipinski definition) is 1. The van der Waals surface area contributed by atoms with E-state index in [1.54, 1.807) is 54.8 Å². The second-order valence-corrected chi connectivity index (χ2v) is 9.07. The Morgan fingerprint density at radius 3 is 2.43 bits per heavy atom. The van der Waals surface area contributed by atoms with Gasteiger partial charge in [-0.1, -0.05) is 6.92 Å². The van der Waals surface area contributed by atoms with E-state index in [0.29, 0.717) is 37.3 Å². The van der Waals surface area contributed by atoms with Crippen molar-refractivity contribution in [2.45, 2.75) is 46.3 Å². The van der Waals surface area contributed by atoms with Gasteiger partial charge in [-0.3, -0.25) is 9.52 Å². The number of nitrogens with one attached hydrogen (secondary N) is 1. The Kier molecular flexibility index (Phi) is 7.29. The number of carbonyl (C=O) groups excluding carboxylic acids is 2. The molecule has 9 heteroatoms. The van der Waals surface area contributed by atoms with Gasteiger partial charge < -0.3 is 14.5 Å². The summed E-state index contributed by atoms with van der Waals surface area (Å²) < 4.78 is 31.4. The van der Waals surface area contributed by atoms with Crippen LogP contribution in [0.25, 0.3) is 0 Å². The van der Waals surface area contributed by atoms with E-state index in [9.17, 15) is 18.0 Å². The number of ether oxygens (including phenoxy) is 1. The van der Waals surface area contributed by atoms with Crippen LogP contribution in [-0.2, 0) is 14.8 Å². The third-order valence-corrected chi connectivity index (χ3v) is 5.85. The van der Waals surface area contributed by atoms with Gasteiger partial charge in [0.1, 0.15) is 0 Å². The second kappa shape index (κ2) is 9.27. The van der Waals surface area contributed by atoms with Crippen LogP contribution in [0.15, 0.2) is 24.3 Å². The van der Waals surface area contributed by atoms with E-state index in [1.807, 2.05) is 6.92 Å². The lowest BCUT2D eigenvalue weighted by Crippen LogP contribution is -2.55. The molecule has 28 heavy (non-hydrogen) atoms. The van der Waals surface area contributed by atoms with Crippen molar-refractivity contribution < 1.29 is 24.2 Å². The van der Waals surface area contributed by atoms with Gasteiger partial charge in [0.2, 0.25) is 10.0 Å². The smallest absolute Gasteiger partial charge is 0.410 e. The Balaban J connectivity index is 0.00000420. The summed E-state index contributed by atoms with van der Waals surface area (Å²) >= 11 is 0. The van der Waals surface area contributed by atoms with E-state index in [2.05, 4.69) is 4.72 Å². The number of sulfonamides is 1. The van der Waals surface area contributed by atoms with Gasteiger partial charge in [-0.15, -0.1) is 0 Å². The summed E-state index contributed by atoms with van der Waals surface area (Å²) in [5, 5.41) is 0. The molecule has 0 radical (unpaired) electrons. The van der Waals surface area contributed by atoms with Crippen LogP contribution in [0, 0.1) is 0 Å². The molecule has 0 saturated carbocycles. The van der Waals surface area contributed by atoms with Gasteiger partial charge in [-0.2, -0.15) is 0 Å². The van der Waals surface area contributed by atoms with Gasteiger partial charge in [0.15, 0.2) is 0 Å². The molecule has 1 aliphatic heterocycles. The molecule has 0 aliphatic carbocycles. The van der Waals surface area contributed by atoms with Crippen molar-refractivity contribution in [3.05, 3.63) is 29.8 Å². The average molecular weight is 414 g/mol. The van der Waals surface area contributed by atoms with Crippen molar-refractivity contribution in [2.24, 2.45) is 0 Å². The maximum Gasteiger partial charge on any atom is 0.410 e. The van der Waals surface area contributed by atoms with Crippen LogP contribution >= 0.6 is 0 Å². The molecular formula is C19H31N3O5S. The van der Waals surface area contributed by atoms with Crippen LogP contribution in [0.1, 0.15) is 45.9 Å². The van der Waals surface area contributed by atoms with Crippen LogP contribution in [0.5, 0.6) is 0 Å². The fourth-order valence-corrected chi connectivity index (χ4v) is 4.18. The minimum atomic E-state index is -3.36. The topological polar surface area (TPSA) is 96.0 Å². The number of piperazine rings is 1. The lowest BCUT2D eigenvalue weighted by Gasteiger charge is -2.39. The number of amides is 2. The number of benzene rings is 1. The number of hydrogen-bond acceptors (Lipinski definition) is 5. The number of nitrogens with zero attached hydrogens (tertiary/aromatic N) is 2. The van der Waals surface area contributed by atoms with Crippen LogP contribution in [0.4, 0.5) is 10.5 Å². The Hall–Kier alpha value is -2.29. The van der Waals surface area contributed by atoms with Gasteiger partial charge in [0.05, 0.1) is 11.9 Å². The third-order valence-electron chi connectivity index (χ3n) is 4.36. The zero-order valence-corrected chi connectivity index (χ0v) is 17.7. The fraction of sp³-hybridized carbons (Fsp3) is 0.579. The van der Waals surface area contributed by atoms with Gasteiger partial charge in [0.25, 0.3) is 5.91 Å². The first kappa shape index (κ1) is 22.0. The number of carbonyl (C=O) groups is 2. The Bertz CT molecular complexity index is 799. The lowest BCUT2D eigenvalue weighted by molar-refractivity contribution is 0.0338. The van der Waals surface area contributed by atoms with Crippen LogP contribution in [0.2, 0.25) is 0 Å². The predicted octanol–water partition coefficient (Wildman–Crippen LogP) is 2.78. The van der Waals surface area contributed by atoms with E-state index < -0.39 is 10.0 Å². The predicted molar refractivity (Wildman–Crippen MR) is 110 cm³/mol. The maximum atomic E-state index is 12.8. The molecule has 1 fully saturated rings. The molecule has 1 N–H and O–H groups in total. The normalized spacial score (nSPS) is 17.5. The van der Waals surface area contributed by atoms with Crippen molar-refractivity contribution in [1.82, 2.24) is 9.80 Å². The molecule has 0 unspecified atom stereocenters. The van der Waals surface area contributed by atoms with Gasteiger partial charge >= 0.3 is 6.09 Å². The first-order valence-electron chi connectivity index (χ1n) is 9.50. The molecule has 2 rings (SSSR count). The van der Waals surface area contributed by atoms with Crippen molar-refractivity contribution in [1.29, 1.82) is 0 Å². The standard InChI is InChI=1S/C19H29N3O5S.H2/c1-5-12-28(25,26)20-17-8-6-16(7-9-17)18(23)22-11-10-21(13-15(22)4)19(24)27-14(2)3;/h6-9,14-15,20H,5,10-13H2,1-4H3;1H/t15-;/m1./s1. The molecule has 1 aliphatic rings. The summed E-state index contributed by atoms with van der Waals surface area (Å²) in [6.07, 6.45) is -0.0195. The summed E-state index contributed by atoms with van der Waals surface area (Å²) in [6.45, 7) is 8.52. The minimum Gasteiger partial charge on any atom is -0.447 e. The molecule has 1 atom stereocenters. The molecule has 1 saturated heterocycles. The zero-order chi connectivity index (χ0) is 20.9. The lowest BCUT2D eigenvalue weighted by atomic mass is 10.1. The van der Waals surface area contributed by atoms with Gasteiger partial charge in [-0.25, -0.2) is 13.2 Å². The maximum absolute atomic E-state index is 12.8. The summed E-state index contributed by atoms with van der Waals surface area (Å²) in [5.74, 6) is -0.0957. The summed E-state index contributed by atoms with van der Waals surface area (Å²) in [6, 6.07) is 6.24. The average Bonchev–Trinajstić information content (AvgIpc) is 2.60. The molecular weight excluding hydrogens is 382 g/mol. The van der Waals surface area contributed by atoms with Crippen LogP contribution in [0.3, 0.4) is 0 Å². The van der Waals surface area contributed by atoms with Crippen molar-refractivity contribution >= 4 is 27.7 Å². The number of rotatable bonds is 6.